The molecule has 1 saturated heterocycles. The molecule has 22 heavy (non-hydrogen) atoms. The smallest absolute Gasteiger partial charge is 0.163 e. The van der Waals surface area contributed by atoms with Crippen LogP contribution in [0.25, 0.3) is 0 Å². The van der Waals surface area contributed by atoms with Crippen molar-refractivity contribution < 1.29 is 8.78 Å². The van der Waals surface area contributed by atoms with Gasteiger partial charge in [-0.05, 0) is 63.0 Å². The lowest BCUT2D eigenvalue weighted by Crippen LogP contribution is -2.31. The van der Waals surface area contributed by atoms with Gasteiger partial charge in [0.1, 0.15) is 5.82 Å². The van der Waals surface area contributed by atoms with Crippen LogP contribution in [0.5, 0.6) is 0 Å². The van der Waals surface area contributed by atoms with Crippen molar-refractivity contribution in [3.8, 4) is 0 Å². The Bertz CT molecular complexity index is 588. The fourth-order valence-electron chi connectivity index (χ4n) is 2.70. The maximum atomic E-state index is 14.5. The number of aryl methyl sites for hydroxylation is 1. The average molecular weight is 307 g/mol. The number of rotatable bonds is 4. The Morgan fingerprint density at radius 3 is 2.68 bits per heavy atom. The first kappa shape index (κ1) is 16.6. The molecule has 120 valence electrons. The van der Waals surface area contributed by atoms with Crippen molar-refractivity contribution in [2.75, 3.05) is 13.1 Å². The van der Waals surface area contributed by atoms with Crippen LogP contribution in [-0.4, -0.2) is 18.8 Å². The van der Waals surface area contributed by atoms with Crippen molar-refractivity contribution in [1.29, 1.82) is 0 Å². The van der Waals surface area contributed by atoms with E-state index in [9.17, 15) is 8.78 Å². The number of aliphatic imine (C=N–C) groups is 1. The molecule has 0 atom stereocenters. The van der Waals surface area contributed by atoms with Crippen LogP contribution in [0.4, 0.5) is 14.5 Å². The van der Waals surface area contributed by atoms with Crippen LogP contribution >= 0.6 is 0 Å². The molecule has 3 nitrogen and oxygen atoms in total. The number of hydrogen-bond donors (Lipinski definition) is 2. The lowest BCUT2D eigenvalue weighted by molar-refractivity contribution is 0.409. The van der Waals surface area contributed by atoms with Crippen molar-refractivity contribution >= 4 is 11.4 Å². The molecule has 0 radical (unpaired) electrons. The van der Waals surface area contributed by atoms with Crippen molar-refractivity contribution in [3.05, 3.63) is 41.1 Å². The predicted molar refractivity (Wildman–Crippen MR) is 86.5 cm³/mol. The Hall–Kier alpha value is -1.75. The monoisotopic (exact) mass is 307 g/mol. The first-order chi connectivity index (χ1) is 10.5. The minimum atomic E-state index is -0.446. The van der Waals surface area contributed by atoms with Crippen LogP contribution in [0.1, 0.15) is 32.3 Å². The maximum absolute atomic E-state index is 14.5. The zero-order valence-electron chi connectivity index (χ0n) is 13.1. The normalized spacial score (nSPS) is 18.3. The summed E-state index contributed by atoms with van der Waals surface area (Å²) in [7, 11) is 0. The largest absolute Gasteiger partial charge is 0.399 e. The Kier molecular flexibility index (Phi) is 5.66. The molecule has 5 heteroatoms. The molecule has 0 amide bonds. The van der Waals surface area contributed by atoms with Gasteiger partial charge in [-0.15, -0.1) is 0 Å². The third-order valence-corrected chi connectivity index (χ3v) is 4.06. The van der Waals surface area contributed by atoms with Gasteiger partial charge in [-0.25, -0.2) is 8.78 Å². The fraction of sp³-hybridized carbons (Fsp3) is 0.471. The number of nitrogens with two attached hydrogens (primary N) is 1. The molecule has 3 N–H and O–H groups in total. The van der Waals surface area contributed by atoms with E-state index in [0.29, 0.717) is 12.1 Å². The zero-order valence-corrected chi connectivity index (χ0v) is 13.1. The second-order valence-electron chi connectivity index (χ2n) is 5.62. The highest BCUT2D eigenvalue weighted by Gasteiger charge is 2.20. The number of benzene rings is 1. The number of piperidine rings is 1. The molecular formula is C17H23F2N3. The third kappa shape index (κ3) is 3.91. The summed E-state index contributed by atoms with van der Waals surface area (Å²) in [5, 5.41) is 3.23. The van der Waals surface area contributed by atoms with E-state index in [1.165, 1.54) is 12.1 Å². The molecule has 1 aliphatic heterocycles. The van der Waals surface area contributed by atoms with E-state index in [-0.39, 0.29) is 23.1 Å². The van der Waals surface area contributed by atoms with E-state index < -0.39 is 5.83 Å². The Labute approximate surface area is 130 Å². The summed E-state index contributed by atoms with van der Waals surface area (Å²) in [6.07, 6.45) is 2.31. The van der Waals surface area contributed by atoms with Crippen LogP contribution in [0.3, 0.4) is 0 Å². The number of allylic oxidation sites excluding steroid dienone is 2. The van der Waals surface area contributed by atoms with E-state index in [4.69, 9.17) is 5.73 Å². The second kappa shape index (κ2) is 7.49. The Balaban J connectivity index is 2.27. The van der Waals surface area contributed by atoms with E-state index in [0.717, 1.165) is 31.5 Å². The average Bonchev–Trinajstić information content (AvgIpc) is 2.55. The van der Waals surface area contributed by atoms with Gasteiger partial charge < -0.3 is 11.1 Å². The molecule has 0 unspecified atom stereocenters. The van der Waals surface area contributed by atoms with Crippen LogP contribution < -0.4 is 11.1 Å². The molecule has 0 bridgehead atoms. The Morgan fingerprint density at radius 1 is 1.36 bits per heavy atom. The van der Waals surface area contributed by atoms with Gasteiger partial charge in [-0.3, -0.25) is 4.99 Å². The molecular weight excluding hydrogens is 284 g/mol. The predicted octanol–water partition coefficient (Wildman–Crippen LogP) is 3.62. The van der Waals surface area contributed by atoms with Crippen molar-refractivity contribution in [2.24, 2.45) is 16.6 Å². The lowest BCUT2D eigenvalue weighted by Gasteiger charge is -2.23. The molecule has 1 heterocycles. The highest BCUT2D eigenvalue weighted by molar-refractivity contribution is 5.98. The lowest BCUT2D eigenvalue weighted by atomic mass is 9.93. The van der Waals surface area contributed by atoms with Crippen LogP contribution in [-0.2, 0) is 6.42 Å². The van der Waals surface area contributed by atoms with Gasteiger partial charge >= 0.3 is 0 Å². The van der Waals surface area contributed by atoms with E-state index in [1.807, 2.05) is 6.92 Å². The van der Waals surface area contributed by atoms with Gasteiger partial charge in [0, 0.05) is 11.6 Å². The topological polar surface area (TPSA) is 50.4 Å². The van der Waals surface area contributed by atoms with E-state index >= 15 is 0 Å². The molecule has 1 aromatic rings. The van der Waals surface area contributed by atoms with Gasteiger partial charge in [-0.2, -0.15) is 0 Å². The quantitative estimate of drug-likeness (QED) is 0.835. The van der Waals surface area contributed by atoms with Crippen LogP contribution in [0.2, 0.25) is 0 Å². The van der Waals surface area contributed by atoms with E-state index in [2.05, 4.69) is 10.3 Å². The molecule has 1 aromatic carbocycles. The summed E-state index contributed by atoms with van der Waals surface area (Å²) in [5.74, 6) is -0.692. The van der Waals surface area contributed by atoms with Crippen molar-refractivity contribution in [2.45, 2.75) is 33.1 Å². The molecule has 1 fully saturated rings. The fourth-order valence-corrected chi connectivity index (χ4v) is 2.70. The molecule has 0 saturated carbocycles. The van der Waals surface area contributed by atoms with Crippen molar-refractivity contribution in [1.82, 2.24) is 5.32 Å². The van der Waals surface area contributed by atoms with E-state index in [1.54, 1.807) is 13.0 Å². The minimum Gasteiger partial charge on any atom is -0.399 e. The SMILES string of the molecule is CCc1cc(F)ccc1N=C(C)/C(F)=C(\N)C1CCNCC1. The maximum Gasteiger partial charge on any atom is 0.163 e. The van der Waals surface area contributed by atoms with Gasteiger partial charge in [0.05, 0.1) is 11.4 Å². The third-order valence-electron chi connectivity index (χ3n) is 4.06. The number of nitrogens with zero attached hydrogens (tertiary/aromatic N) is 1. The summed E-state index contributed by atoms with van der Waals surface area (Å²) in [6.45, 7) is 5.23. The standard InChI is InChI=1S/C17H23F2N3/c1-3-12-10-14(18)4-5-15(12)22-11(2)16(19)17(20)13-6-8-21-9-7-13/h4-5,10,13,21H,3,6-9,20H2,1-2H3/b17-16+,22-11?. The summed E-state index contributed by atoms with van der Waals surface area (Å²) in [6, 6.07) is 4.35. The summed E-state index contributed by atoms with van der Waals surface area (Å²) in [5.41, 5.74) is 7.85. The van der Waals surface area contributed by atoms with Gasteiger partial charge in [0.25, 0.3) is 0 Å². The molecule has 0 aromatic heterocycles. The highest BCUT2D eigenvalue weighted by atomic mass is 19.1. The second-order valence-corrected chi connectivity index (χ2v) is 5.62. The zero-order chi connectivity index (χ0) is 16.1. The number of hydrogen-bond acceptors (Lipinski definition) is 3. The summed E-state index contributed by atoms with van der Waals surface area (Å²) < 4.78 is 27.7. The Morgan fingerprint density at radius 2 is 2.05 bits per heavy atom. The molecule has 0 spiro atoms. The van der Waals surface area contributed by atoms with Crippen LogP contribution in [0.15, 0.2) is 34.7 Å². The number of nitrogens with one attached hydrogen (secondary N) is 1. The van der Waals surface area contributed by atoms with Gasteiger partial charge in [0.15, 0.2) is 5.83 Å². The summed E-state index contributed by atoms with van der Waals surface area (Å²) in [4.78, 5) is 4.31. The highest BCUT2D eigenvalue weighted by Crippen LogP contribution is 2.25. The molecule has 0 aliphatic carbocycles. The molecule has 1 aliphatic rings. The van der Waals surface area contributed by atoms with Gasteiger partial charge in [-0.1, -0.05) is 6.92 Å². The van der Waals surface area contributed by atoms with Crippen molar-refractivity contribution in [3.63, 3.8) is 0 Å². The van der Waals surface area contributed by atoms with Crippen LogP contribution in [0, 0.1) is 11.7 Å². The number of halogens is 2. The van der Waals surface area contributed by atoms with Gasteiger partial charge in [0.2, 0.25) is 0 Å². The first-order valence-electron chi connectivity index (χ1n) is 7.72. The minimum absolute atomic E-state index is 0.0604. The first-order valence-corrected chi connectivity index (χ1v) is 7.72. The summed E-state index contributed by atoms with van der Waals surface area (Å²) >= 11 is 0. The molecule has 2 rings (SSSR count).